The Morgan fingerprint density at radius 1 is 1.29 bits per heavy atom. The third-order valence-corrected chi connectivity index (χ3v) is 5.90. The SMILES string of the molecule is COc1cncc(S(=O)(=O)N2CCOC[C@@]23CCOC3)c1. The van der Waals surface area contributed by atoms with E-state index in [-0.39, 0.29) is 4.90 Å². The molecule has 2 aliphatic rings. The molecule has 0 bridgehead atoms. The van der Waals surface area contributed by atoms with Crippen molar-refractivity contribution < 1.29 is 22.6 Å². The van der Waals surface area contributed by atoms with Gasteiger partial charge >= 0.3 is 0 Å². The third-order valence-electron chi connectivity index (χ3n) is 3.93. The number of hydrogen-bond donors (Lipinski definition) is 0. The minimum atomic E-state index is -3.66. The van der Waals surface area contributed by atoms with Crippen LogP contribution in [0.1, 0.15) is 6.42 Å². The molecule has 1 aromatic heterocycles. The van der Waals surface area contributed by atoms with E-state index in [0.29, 0.717) is 45.1 Å². The Bertz CT molecular complexity index is 613. The van der Waals surface area contributed by atoms with Crippen molar-refractivity contribution in [2.24, 2.45) is 0 Å². The summed E-state index contributed by atoms with van der Waals surface area (Å²) in [7, 11) is -2.17. The predicted octanol–water partition coefficient (Wildman–Crippen LogP) is 0.270. The van der Waals surface area contributed by atoms with Crippen molar-refractivity contribution in [3.63, 3.8) is 0 Å². The molecule has 0 radical (unpaired) electrons. The van der Waals surface area contributed by atoms with E-state index in [1.807, 2.05) is 0 Å². The summed E-state index contributed by atoms with van der Waals surface area (Å²) in [6.07, 6.45) is 3.47. The van der Waals surface area contributed by atoms with E-state index in [0.717, 1.165) is 0 Å². The first kappa shape index (κ1) is 14.7. The fourth-order valence-corrected chi connectivity index (χ4v) is 4.51. The molecule has 2 fully saturated rings. The molecule has 8 heteroatoms. The monoisotopic (exact) mass is 314 g/mol. The molecule has 7 nitrogen and oxygen atoms in total. The van der Waals surface area contributed by atoms with Crippen LogP contribution in [0.4, 0.5) is 0 Å². The summed E-state index contributed by atoms with van der Waals surface area (Å²) in [6, 6.07) is 1.49. The second-order valence-corrected chi connectivity index (χ2v) is 7.08. The second-order valence-electron chi connectivity index (χ2n) is 5.22. The summed E-state index contributed by atoms with van der Waals surface area (Å²) < 4.78 is 43.3. The van der Waals surface area contributed by atoms with Gasteiger partial charge in [-0.05, 0) is 6.42 Å². The highest BCUT2D eigenvalue weighted by atomic mass is 32.2. The molecule has 0 aromatic carbocycles. The van der Waals surface area contributed by atoms with Gasteiger partial charge in [-0.3, -0.25) is 4.98 Å². The highest BCUT2D eigenvalue weighted by Gasteiger charge is 2.49. The quantitative estimate of drug-likeness (QED) is 0.797. The van der Waals surface area contributed by atoms with Gasteiger partial charge in [0.1, 0.15) is 10.6 Å². The zero-order valence-corrected chi connectivity index (χ0v) is 12.6. The van der Waals surface area contributed by atoms with Crippen LogP contribution in [0.3, 0.4) is 0 Å². The van der Waals surface area contributed by atoms with Gasteiger partial charge in [0.05, 0.1) is 38.7 Å². The number of hydrogen-bond acceptors (Lipinski definition) is 6. The number of aromatic nitrogens is 1. The first-order valence-electron chi connectivity index (χ1n) is 6.76. The van der Waals surface area contributed by atoms with E-state index in [9.17, 15) is 8.42 Å². The summed E-state index contributed by atoms with van der Waals surface area (Å²) in [5.74, 6) is 0.418. The molecule has 0 N–H and O–H groups in total. The van der Waals surface area contributed by atoms with E-state index >= 15 is 0 Å². The van der Waals surface area contributed by atoms with Gasteiger partial charge in [0.2, 0.25) is 10.0 Å². The first-order chi connectivity index (χ1) is 10.1. The molecule has 0 amide bonds. The highest BCUT2D eigenvalue weighted by Crippen LogP contribution is 2.34. The van der Waals surface area contributed by atoms with Crippen molar-refractivity contribution in [2.75, 3.05) is 40.1 Å². The Kier molecular flexibility index (Phi) is 3.87. The summed E-state index contributed by atoms with van der Waals surface area (Å²) in [5.41, 5.74) is -0.597. The summed E-state index contributed by atoms with van der Waals surface area (Å²) in [5, 5.41) is 0. The largest absolute Gasteiger partial charge is 0.495 e. The molecule has 3 rings (SSSR count). The van der Waals surface area contributed by atoms with Gasteiger partial charge in [-0.2, -0.15) is 4.31 Å². The van der Waals surface area contributed by atoms with Gasteiger partial charge in [-0.1, -0.05) is 0 Å². The predicted molar refractivity (Wildman–Crippen MR) is 73.7 cm³/mol. The molecule has 0 aliphatic carbocycles. The number of pyridine rings is 1. The molecule has 21 heavy (non-hydrogen) atoms. The molecular formula is C13H18N2O5S. The maximum Gasteiger partial charge on any atom is 0.245 e. The van der Waals surface area contributed by atoms with Gasteiger partial charge in [0.15, 0.2) is 0 Å². The number of methoxy groups -OCH3 is 1. The molecule has 3 heterocycles. The molecule has 1 aromatic rings. The number of sulfonamides is 1. The van der Waals surface area contributed by atoms with Gasteiger partial charge in [-0.25, -0.2) is 8.42 Å². The Morgan fingerprint density at radius 2 is 2.05 bits per heavy atom. The Hall–Kier alpha value is -1.22. The topological polar surface area (TPSA) is 78.0 Å². The van der Waals surface area contributed by atoms with E-state index in [2.05, 4.69) is 4.98 Å². The van der Waals surface area contributed by atoms with Gasteiger partial charge in [0.25, 0.3) is 0 Å². The summed E-state index contributed by atoms with van der Waals surface area (Å²) in [4.78, 5) is 4.07. The van der Waals surface area contributed by atoms with E-state index in [1.165, 1.54) is 29.9 Å². The molecule has 1 spiro atoms. The number of morpholine rings is 1. The highest BCUT2D eigenvalue weighted by molar-refractivity contribution is 7.89. The average molecular weight is 314 g/mol. The normalized spacial score (nSPS) is 27.1. The molecule has 0 unspecified atom stereocenters. The van der Waals surface area contributed by atoms with Crippen LogP contribution in [0, 0.1) is 0 Å². The zero-order valence-electron chi connectivity index (χ0n) is 11.8. The van der Waals surface area contributed by atoms with Crippen molar-refractivity contribution in [3.8, 4) is 5.75 Å². The van der Waals surface area contributed by atoms with Crippen LogP contribution in [0.5, 0.6) is 5.75 Å². The first-order valence-corrected chi connectivity index (χ1v) is 8.20. The smallest absolute Gasteiger partial charge is 0.245 e. The van der Waals surface area contributed by atoms with Crippen LogP contribution in [0.25, 0.3) is 0 Å². The fraction of sp³-hybridized carbons (Fsp3) is 0.615. The van der Waals surface area contributed by atoms with E-state index in [1.54, 1.807) is 0 Å². The summed E-state index contributed by atoms with van der Waals surface area (Å²) >= 11 is 0. The lowest BCUT2D eigenvalue weighted by Gasteiger charge is -2.42. The van der Waals surface area contributed by atoms with E-state index in [4.69, 9.17) is 14.2 Å². The average Bonchev–Trinajstić information content (AvgIpc) is 2.96. The number of ether oxygens (including phenoxy) is 3. The lowest BCUT2D eigenvalue weighted by molar-refractivity contribution is -0.0293. The maximum absolute atomic E-state index is 12.9. The van der Waals surface area contributed by atoms with Gasteiger partial charge in [0, 0.05) is 25.4 Å². The molecule has 1 atom stereocenters. The minimum Gasteiger partial charge on any atom is -0.495 e. The third kappa shape index (κ3) is 2.52. The Balaban J connectivity index is 1.99. The van der Waals surface area contributed by atoms with Gasteiger partial charge in [-0.15, -0.1) is 0 Å². The molecule has 116 valence electrons. The Labute approximate surface area is 123 Å². The lowest BCUT2D eigenvalue weighted by Crippen LogP contribution is -2.59. The van der Waals surface area contributed by atoms with Crippen molar-refractivity contribution in [2.45, 2.75) is 16.9 Å². The van der Waals surface area contributed by atoms with Crippen molar-refractivity contribution in [1.82, 2.24) is 9.29 Å². The zero-order chi connectivity index (χ0) is 14.9. The van der Waals surface area contributed by atoms with Crippen LogP contribution in [0.15, 0.2) is 23.4 Å². The maximum atomic E-state index is 12.9. The van der Waals surface area contributed by atoms with Crippen LogP contribution >= 0.6 is 0 Å². The lowest BCUT2D eigenvalue weighted by atomic mass is 9.99. The van der Waals surface area contributed by atoms with Crippen LogP contribution in [-0.2, 0) is 19.5 Å². The molecule has 2 saturated heterocycles. The Morgan fingerprint density at radius 3 is 2.71 bits per heavy atom. The standard InChI is InChI=1S/C13H18N2O5S/c1-18-11-6-12(8-14-7-11)21(16,17)15-3-5-20-10-13(15)2-4-19-9-13/h6-8H,2-5,9-10H2,1H3/t13-/m0/s1. The van der Waals surface area contributed by atoms with Gasteiger partial charge < -0.3 is 14.2 Å². The van der Waals surface area contributed by atoms with Crippen molar-refractivity contribution in [1.29, 1.82) is 0 Å². The summed E-state index contributed by atoms with van der Waals surface area (Å²) in [6.45, 7) is 1.99. The number of nitrogens with zero attached hydrogens (tertiary/aromatic N) is 2. The minimum absolute atomic E-state index is 0.134. The fourth-order valence-electron chi connectivity index (χ4n) is 2.78. The van der Waals surface area contributed by atoms with Crippen LogP contribution in [0.2, 0.25) is 0 Å². The second kappa shape index (κ2) is 5.53. The van der Waals surface area contributed by atoms with Crippen LogP contribution in [-0.4, -0.2) is 63.3 Å². The van der Waals surface area contributed by atoms with Crippen molar-refractivity contribution in [3.05, 3.63) is 18.5 Å². The number of rotatable bonds is 3. The molecule has 0 saturated carbocycles. The van der Waals surface area contributed by atoms with Crippen molar-refractivity contribution >= 4 is 10.0 Å². The molecular weight excluding hydrogens is 296 g/mol. The van der Waals surface area contributed by atoms with E-state index < -0.39 is 15.6 Å². The molecule has 2 aliphatic heterocycles. The van der Waals surface area contributed by atoms with Crippen LogP contribution < -0.4 is 4.74 Å².